The molecular weight excluding hydrogens is 140 g/mol. The first-order valence-corrected chi connectivity index (χ1v) is 2.54. The molecule has 0 spiro atoms. The molecule has 0 fully saturated rings. The Bertz CT molecular complexity index is 345. The van der Waals surface area contributed by atoms with Crippen LogP contribution in [0.15, 0.2) is 17.2 Å². The van der Waals surface area contributed by atoms with Crippen molar-refractivity contribution < 1.29 is 4.11 Å². The van der Waals surface area contributed by atoms with Crippen LogP contribution in [-0.4, -0.2) is 9.55 Å². The van der Waals surface area contributed by atoms with Crippen molar-refractivity contribution in [2.75, 3.05) is 0 Å². The van der Waals surface area contributed by atoms with Crippen LogP contribution in [0.2, 0.25) is 5.15 Å². The minimum atomic E-state index is -2.54. The van der Waals surface area contributed by atoms with Gasteiger partial charge >= 0.3 is 0 Å². The number of rotatable bonds is 0. The van der Waals surface area contributed by atoms with Gasteiger partial charge in [0.1, 0.15) is 5.15 Å². The monoisotopic (exact) mass is 147 g/mol. The molecule has 0 saturated carbocycles. The molecular formula is C5H5ClN2O. The normalized spacial score (nSPS) is 15.9. The molecule has 0 aliphatic heterocycles. The predicted octanol–water partition coefficient (Wildman–Crippen LogP) is 0.434. The van der Waals surface area contributed by atoms with Crippen molar-refractivity contribution in [3.8, 4) is 0 Å². The fourth-order valence-electron chi connectivity index (χ4n) is 0.383. The molecule has 0 amide bonds. The Morgan fingerprint density at radius 1 is 1.89 bits per heavy atom. The van der Waals surface area contributed by atoms with Crippen LogP contribution in [0.3, 0.4) is 0 Å². The van der Waals surface area contributed by atoms with Crippen molar-refractivity contribution in [2.45, 2.75) is 0 Å². The van der Waals surface area contributed by atoms with Gasteiger partial charge in [0.05, 0.1) is 12.4 Å². The first-order chi connectivity index (χ1) is 5.43. The first-order valence-electron chi connectivity index (χ1n) is 3.66. The lowest BCUT2D eigenvalue weighted by Crippen LogP contribution is -2.15. The lowest BCUT2D eigenvalue weighted by Gasteiger charge is -1.95. The summed E-state index contributed by atoms with van der Waals surface area (Å²) >= 11 is 5.45. The summed E-state index contributed by atoms with van der Waals surface area (Å²) in [6, 6.07) is 0. The van der Waals surface area contributed by atoms with Gasteiger partial charge in [-0.05, 0) is 0 Å². The molecule has 0 N–H and O–H groups in total. The van der Waals surface area contributed by atoms with E-state index in [0.29, 0.717) is 4.57 Å². The molecule has 0 radical (unpaired) electrons. The van der Waals surface area contributed by atoms with E-state index in [1.807, 2.05) is 0 Å². The van der Waals surface area contributed by atoms with Gasteiger partial charge in [-0.15, -0.1) is 0 Å². The summed E-state index contributed by atoms with van der Waals surface area (Å²) in [5.41, 5.74) is -0.734. The molecule has 1 rings (SSSR count). The van der Waals surface area contributed by atoms with Crippen molar-refractivity contribution in [1.29, 1.82) is 0 Å². The van der Waals surface area contributed by atoms with Crippen molar-refractivity contribution in [1.82, 2.24) is 9.55 Å². The van der Waals surface area contributed by atoms with Gasteiger partial charge in [0, 0.05) is 11.1 Å². The third-order valence-corrected chi connectivity index (χ3v) is 1.07. The smallest absolute Gasteiger partial charge is 0.269 e. The van der Waals surface area contributed by atoms with Crippen LogP contribution in [0.4, 0.5) is 0 Å². The standard InChI is InChI=1S/C5H5ClN2O/c1-8-4(6)2-7-3-5(8)9/h2-3H,1H3/i1D3. The maximum atomic E-state index is 10.9. The maximum absolute atomic E-state index is 10.9. The van der Waals surface area contributed by atoms with Crippen molar-refractivity contribution in [3.05, 3.63) is 27.9 Å². The van der Waals surface area contributed by atoms with E-state index in [4.69, 9.17) is 15.7 Å². The fourth-order valence-corrected chi connectivity index (χ4v) is 0.523. The summed E-state index contributed by atoms with van der Waals surface area (Å²) in [4.78, 5) is 14.4. The molecule has 0 aliphatic rings. The molecule has 0 aliphatic carbocycles. The lowest BCUT2D eigenvalue weighted by molar-refractivity contribution is 0.842. The topological polar surface area (TPSA) is 34.9 Å². The second-order valence-electron chi connectivity index (χ2n) is 1.40. The fraction of sp³-hybridized carbons (Fsp3) is 0.200. The van der Waals surface area contributed by atoms with Crippen molar-refractivity contribution >= 4 is 11.6 Å². The van der Waals surface area contributed by atoms with Gasteiger partial charge in [0.15, 0.2) is 0 Å². The van der Waals surface area contributed by atoms with Crippen LogP contribution in [0, 0.1) is 0 Å². The van der Waals surface area contributed by atoms with Crippen LogP contribution in [0.25, 0.3) is 0 Å². The average molecular weight is 148 g/mol. The highest BCUT2D eigenvalue weighted by atomic mass is 35.5. The van der Waals surface area contributed by atoms with E-state index in [9.17, 15) is 4.79 Å². The third kappa shape index (κ3) is 1.10. The van der Waals surface area contributed by atoms with Gasteiger partial charge in [-0.1, -0.05) is 11.6 Å². The van der Waals surface area contributed by atoms with Gasteiger partial charge in [-0.3, -0.25) is 14.3 Å². The van der Waals surface area contributed by atoms with E-state index < -0.39 is 12.5 Å². The van der Waals surface area contributed by atoms with E-state index in [-0.39, 0.29) is 5.15 Å². The molecule has 1 aromatic heterocycles. The first kappa shape index (κ1) is 3.37. The number of halogens is 1. The molecule has 0 aromatic carbocycles. The van der Waals surface area contributed by atoms with Crippen LogP contribution in [0.1, 0.15) is 4.11 Å². The average Bonchev–Trinajstić information content (AvgIpc) is 1.82. The second kappa shape index (κ2) is 2.19. The zero-order chi connectivity index (χ0) is 9.35. The predicted molar refractivity (Wildman–Crippen MR) is 34.5 cm³/mol. The Morgan fingerprint density at radius 3 is 3.11 bits per heavy atom. The number of hydrogen-bond donors (Lipinski definition) is 0. The summed E-state index contributed by atoms with van der Waals surface area (Å²) < 4.78 is 21.3. The van der Waals surface area contributed by atoms with E-state index in [1.165, 1.54) is 0 Å². The molecule has 9 heavy (non-hydrogen) atoms. The molecule has 0 atom stereocenters. The largest absolute Gasteiger partial charge is 0.300 e. The molecule has 4 heteroatoms. The van der Waals surface area contributed by atoms with Gasteiger partial charge in [-0.2, -0.15) is 0 Å². The van der Waals surface area contributed by atoms with Gasteiger partial charge in [0.25, 0.3) is 5.56 Å². The third-order valence-electron chi connectivity index (χ3n) is 0.800. The summed E-state index contributed by atoms with van der Waals surface area (Å²) in [5, 5.41) is -0.192. The Balaban J connectivity index is 3.42. The van der Waals surface area contributed by atoms with Crippen molar-refractivity contribution in [2.24, 2.45) is 6.98 Å². The SMILES string of the molecule is [2H]C([2H])([2H])n1c(Cl)cncc1=O. The zero-order valence-electron chi connectivity index (χ0n) is 7.34. The van der Waals surface area contributed by atoms with Gasteiger partial charge < -0.3 is 0 Å². The summed E-state index contributed by atoms with van der Waals surface area (Å²) in [6.45, 7) is -2.54. The Hall–Kier alpha value is -0.830. The Labute approximate surface area is 61.1 Å². The van der Waals surface area contributed by atoms with Crippen LogP contribution >= 0.6 is 11.6 Å². The molecule has 1 aromatic rings. The van der Waals surface area contributed by atoms with Crippen LogP contribution < -0.4 is 5.56 Å². The highest BCUT2D eigenvalue weighted by Crippen LogP contribution is 1.97. The Kier molecular flexibility index (Phi) is 0.818. The van der Waals surface area contributed by atoms with E-state index in [2.05, 4.69) is 4.98 Å². The highest BCUT2D eigenvalue weighted by molar-refractivity contribution is 6.29. The van der Waals surface area contributed by atoms with E-state index in [0.717, 1.165) is 12.4 Å². The number of aromatic nitrogens is 2. The summed E-state index contributed by atoms with van der Waals surface area (Å²) in [7, 11) is 0. The van der Waals surface area contributed by atoms with Gasteiger partial charge in [0.2, 0.25) is 0 Å². The minimum absolute atomic E-state index is 0.192. The van der Waals surface area contributed by atoms with E-state index in [1.54, 1.807) is 0 Å². The van der Waals surface area contributed by atoms with Crippen LogP contribution in [-0.2, 0) is 6.98 Å². The molecule has 0 unspecified atom stereocenters. The number of hydrogen-bond acceptors (Lipinski definition) is 2. The molecule has 0 saturated heterocycles. The Morgan fingerprint density at radius 2 is 2.67 bits per heavy atom. The van der Waals surface area contributed by atoms with Gasteiger partial charge in [-0.25, -0.2) is 0 Å². The molecule has 0 bridgehead atoms. The van der Waals surface area contributed by atoms with Crippen LogP contribution in [0.5, 0.6) is 0 Å². The lowest BCUT2D eigenvalue weighted by atomic mass is 10.7. The summed E-state index contributed by atoms with van der Waals surface area (Å²) in [5.74, 6) is 0. The van der Waals surface area contributed by atoms with Crippen molar-refractivity contribution in [3.63, 3.8) is 0 Å². The number of nitrogens with zero attached hydrogens (tertiary/aromatic N) is 2. The quantitative estimate of drug-likeness (QED) is 0.534. The minimum Gasteiger partial charge on any atom is -0.300 e. The van der Waals surface area contributed by atoms with E-state index >= 15 is 0 Å². The molecule has 1 heterocycles. The summed E-state index contributed by atoms with van der Waals surface area (Å²) in [6.07, 6.45) is 2.01. The zero-order valence-corrected chi connectivity index (χ0v) is 5.09. The second-order valence-corrected chi connectivity index (χ2v) is 1.79. The molecule has 3 nitrogen and oxygen atoms in total. The maximum Gasteiger partial charge on any atom is 0.269 e. The highest BCUT2D eigenvalue weighted by Gasteiger charge is 1.92. The molecule has 48 valence electrons.